The molecule has 1 saturated carbocycles. The van der Waals surface area contributed by atoms with Crippen molar-refractivity contribution in [2.24, 2.45) is 26.8 Å². The van der Waals surface area contributed by atoms with Crippen molar-refractivity contribution in [1.82, 2.24) is 10.3 Å². The summed E-state index contributed by atoms with van der Waals surface area (Å²) in [5.74, 6) is -0.336. The van der Waals surface area contributed by atoms with E-state index in [1.807, 2.05) is 19.9 Å². The average molecular weight is 520 g/mol. The van der Waals surface area contributed by atoms with Gasteiger partial charge < -0.3 is 15.2 Å². The molecule has 0 bridgehead atoms. The molecular formula is C29H37N5O2S. The lowest BCUT2D eigenvalue weighted by Gasteiger charge is -2.46. The summed E-state index contributed by atoms with van der Waals surface area (Å²) in [6.07, 6.45) is 9.83. The summed E-state index contributed by atoms with van der Waals surface area (Å²) in [7, 11) is 0. The van der Waals surface area contributed by atoms with Crippen molar-refractivity contribution < 1.29 is 9.84 Å². The molecule has 0 saturated heterocycles. The Morgan fingerprint density at radius 2 is 2.00 bits per heavy atom. The van der Waals surface area contributed by atoms with Gasteiger partial charge in [-0.25, -0.2) is 15.0 Å². The molecule has 1 spiro atoms. The van der Waals surface area contributed by atoms with Gasteiger partial charge in [0.15, 0.2) is 0 Å². The lowest BCUT2D eigenvalue weighted by molar-refractivity contribution is -0.0253. The third-order valence-corrected chi connectivity index (χ3v) is 10.0. The van der Waals surface area contributed by atoms with Crippen molar-refractivity contribution in [3.8, 4) is 0 Å². The number of hydrogen-bond donors (Lipinski definition) is 2. The van der Waals surface area contributed by atoms with Crippen molar-refractivity contribution in [2.45, 2.75) is 95.7 Å². The van der Waals surface area contributed by atoms with Crippen LogP contribution < -0.4 is 5.32 Å². The molecule has 4 aliphatic rings. The van der Waals surface area contributed by atoms with Crippen LogP contribution in [0.1, 0.15) is 77.1 Å². The van der Waals surface area contributed by atoms with E-state index in [0.717, 1.165) is 60.5 Å². The molecule has 7 nitrogen and oxygen atoms in total. The van der Waals surface area contributed by atoms with Gasteiger partial charge >= 0.3 is 0 Å². The lowest BCUT2D eigenvalue weighted by Crippen LogP contribution is -2.61. The molecule has 2 N–H and O–H groups in total. The topological polar surface area (TPSA) is 91.5 Å². The summed E-state index contributed by atoms with van der Waals surface area (Å²) in [5.41, 5.74) is 2.67. The highest BCUT2D eigenvalue weighted by atomic mass is 32.1. The molecule has 0 radical (unpaired) electrons. The molecule has 0 amide bonds. The van der Waals surface area contributed by atoms with Crippen molar-refractivity contribution >= 4 is 38.9 Å². The molecule has 8 heteroatoms. The van der Waals surface area contributed by atoms with Gasteiger partial charge in [0.2, 0.25) is 5.96 Å². The Balaban J connectivity index is 1.28. The molecule has 6 unspecified atom stereocenters. The number of nitrogens with zero attached hydrogens (tertiary/aromatic N) is 4. The maximum atomic E-state index is 11.9. The average Bonchev–Trinajstić information content (AvgIpc) is 3.58. The second kappa shape index (κ2) is 9.40. The summed E-state index contributed by atoms with van der Waals surface area (Å²) >= 11 is 1.73. The number of fused-ring (bicyclic) bond motifs is 2. The molecule has 196 valence electrons. The quantitative estimate of drug-likeness (QED) is 0.537. The number of aliphatic hydroxyl groups is 1. The summed E-state index contributed by atoms with van der Waals surface area (Å²) < 4.78 is 7.45. The highest BCUT2D eigenvalue weighted by Crippen LogP contribution is 2.44. The predicted octanol–water partition coefficient (Wildman–Crippen LogP) is 5.61. The van der Waals surface area contributed by atoms with Crippen molar-refractivity contribution in [3.63, 3.8) is 0 Å². The highest BCUT2D eigenvalue weighted by molar-refractivity contribution is 7.18. The van der Waals surface area contributed by atoms with E-state index in [-0.39, 0.29) is 29.4 Å². The Bertz CT molecular complexity index is 1270. The lowest BCUT2D eigenvalue weighted by atomic mass is 9.70. The fourth-order valence-electron chi connectivity index (χ4n) is 6.66. The zero-order valence-electron chi connectivity index (χ0n) is 22.1. The highest BCUT2D eigenvalue weighted by Gasteiger charge is 2.51. The number of aromatic nitrogens is 1. The number of aliphatic hydroxyl groups excluding tert-OH is 1. The monoisotopic (exact) mass is 519 g/mol. The van der Waals surface area contributed by atoms with Gasteiger partial charge in [-0.15, -0.1) is 11.3 Å². The van der Waals surface area contributed by atoms with Gasteiger partial charge in [0.25, 0.3) is 5.85 Å². The van der Waals surface area contributed by atoms with Crippen molar-refractivity contribution in [1.29, 1.82) is 0 Å². The van der Waals surface area contributed by atoms with Crippen LogP contribution in [-0.2, 0) is 4.74 Å². The van der Waals surface area contributed by atoms with Crippen LogP contribution in [0.15, 0.2) is 51.4 Å². The van der Waals surface area contributed by atoms with Crippen LogP contribution in [0, 0.1) is 11.8 Å². The van der Waals surface area contributed by atoms with E-state index in [1.54, 1.807) is 11.3 Å². The number of benzene rings is 1. The zero-order chi connectivity index (χ0) is 25.8. The number of hydrogen-bond acceptors (Lipinski definition) is 6. The van der Waals surface area contributed by atoms with Crippen molar-refractivity contribution in [3.05, 3.63) is 41.4 Å². The largest absolute Gasteiger partial charge is 0.392 e. The van der Waals surface area contributed by atoms with E-state index >= 15 is 0 Å². The van der Waals surface area contributed by atoms with E-state index in [2.05, 4.69) is 49.5 Å². The molecule has 37 heavy (non-hydrogen) atoms. The summed E-state index contributed by atoms with van der Waals surface area (Å²) in [6, 6.07) is 8.26. The van der Waals surface area contributed by atoms with Gasteiger partial charge in [-0.2, -0.15) is 4.99 Å². The van der Waals surface area contributed by atoms with Gasteiger partial charge in [-0.1, -0.05) is 44.9 Å². The first-order valence-corrected chi connectivity index (χ1v) is 14.5. The first-order chi connectivity index (χ1) is 17.8. The molecule has 1 aromatic heterocycles. The van der Waals surface area contributed by atoms with Gasteiger partial charge in [0, 0.05) is 24.5 Å². The SMILES string of the molecule is CC1=NC(=NC2(C)N=C3C=CCCC3O2)NC2(CCCC2)C1C(O)C(C)C(C)c1nc2ccccc2s1. The molecule has 2 aliphatic heterocycles. The van der Waals surface area contributed by atoms with E-state index in [1.165, 1.54) is 4.70 Å². The van der Waals surface area contributed by atoms with Crippen LogP contribution in [-0.4, -0.2) is 51.1 Å². The molecule has 2 aliphatic carbocycles. The third kappa shape index (κ3) is 4.47. The molecule has 6 rings (SSSR count). The predicted molar refractivity (Wildman–Crippen MR) is 151 cm³/mol. The van der Waals surface area contributed by atoms with Gasteiger partial charge in [-0.05, 0) is 56.7 Å². The molecular weight excluding hydrogens is 482 g/mol. The number of rotatable bonds is 5. The van der Waals surface area contributed by atoms with Crippen LogP contribution in [0.3, 0.4) is 0 Å². The standard InChI is InChI=1S/C29H37N5O2S/c1-17(18(2)26-31-21-12-6-8-14-23(21)37-26)25(35)24-19(3)30-27(34-29(24)15-9-10-16-29)33-28(4)32-20-11-5-7-13-22(20)36-28/h5-6,8,11-12,14,17-18,22,24-25,35H,7,9-10,13,15-16H2,1-4H3,(H,33,34). The Morgan fingerprint density at radius 3 is 2.76 bits per heavy atom. The Kier molecular flexibility index (Phi) is 6.32. The minimum atomic E-state index is -0.972. The normalized spacial score (nSPS) is 32.2. The molecule has 3 heterocycles. The second-order valence-electron chi connectivity index (χ2n) is 11.4. The summed E-state index contributed by atoms with van der Waals surface area (Å²) in [4.78, 5) is 19.5. The minimum Gasteiger partial charge on any atom is -0.392 e. The number of aliphatic imine (C=N–C) groups is 3. The first kappa shape index (κ1) is 24.9. The summed E-state index contributed by atoms with van der Waals surface area (Å²) in [5, 5.41) is 16.6. The smallest absolute Gasteiger partial charge is 0.257 e. The van der Waals surface area contributed by atoms with E-state index in [0.29, 0.717) is 5.96 Å². The number of para-hydroxylation sites is 1. The Morgan fingerprint density at radius 1 is 1.22 bits per heavy atom. The van der Waals surface area contributed by atoms with Crippen LogP contribution >= 0.6 is 11.3 Å². The van der Waals surface area contributed by atoms with Crippen LogP contribution in [0.25, 0.3) is 10.2 Å². The van der Waals surface area contributed by atoms with E-state index in [9.17, 15) is 5.11 Å². The van der Waals surface area contributed by atoms with Crippen LogP contribution in [0.2, 0.25) is 0 Å². The fourth-order valence-corrected chi connectivity index (χ4v) is 7.80. The number of thiazole rings is 1. The molecule has 6 atom stereocenters. The number of nitrogens with one attached hydrogen (secondary N) is 1. The number of ether oxygens (including phenoxy) is 1. The zero-order valence-corrected chi connectivity index (χ0v) is 23.0. The molecule has 2 aromatic rings. The van der Waals surface area contributed by atoms with Gasteiger partial charge in [-0.3, -0.25) is 0 Å². The maximum Gasteiger partial charge on any atom is 0.257 e. The Labute approximate surface area is 222 Å². The minimum absolute atomic E-state index is 0.00729. The number of guanidine groups is 1. The third-order valence-electron chi connectivity index (χ3n) is 8.78. The van der Waals surface area contributed by atoms with Gasteiger partial charge in [0.1, 0.15) is 6.10 Å². The number of allylic oxidation sites excluding steroid dienone is 1. The Hall–Kier alpha value is -2.42. The van der Waals surface area contributed by atoms with E-state index < -0.39 is 12.0 Å². The van der Waals surface area contributed by atoms with Crippen LogP contribution in [0.4, 0.5) is 0 Å². The van der Waals surface area contributed by atoms with Gasteiger partial charge in [0.05, 0.1) is 32.6 Å². The van der Waals surface area contributed by atoms with Crippen molar-refractivity contribution in [2.75, 3.05) is 0 Å². The maximum absolute atomic E-state index is 11.9. The summed E-state index contributed by atoms with van der Waals surface area (Å²) in [6.45, 7) is 8.30. The molecule has 1 fully saturated rings. The first-order valence-electron chi connectivity index (χ1n) is 13.7. The molecule has 1 aromatic carbocycles. The second-order valence-corrected chi connectivity index (χ2v) is 12.4. The van der Waals surface area contributed by atoms with Crippen LogP contribution in [0.5, 0.6) is 0 Å². The van der Waals surface area contributed by atoms with E-state index in [4.69, 9.17) is 24.7 Å². The fraction of sp³-hybridized carbons (Fsp3) is 0.586.